The molecule has 0 unspecified atom stereocenters. The van der Waals surface area contributed by atoms with Crippen LogP contribution in [0.2, 0.25) is 0 Å². The molecule has 0 atom stereocenters. The number of sulfonamides is 1. The number of benzene rings is 1. The lowest BCUT2D eigenvalue weighted by atomic mass is 9.95. The van der Waals surface area contributed by atoms with Crippen molar-refractivity contribution in [2.45, 2.75) is 51.5 Å². The average molecular weight is 312 g/mol. The summed E-state index contributed by atoms with van der Waals surface area (Å²) in [7, 11) is -1.97. The Hall–Kier alpha value is -1.07. The van der Waals surface area contributed by atoms with E-state index in [0.717, 1.165) is 18.5 Å². The van der Waals surface area contributed by atoms with Gasteiger partial charge >= 0.3 is 0 Å². The number of nitrogens with one attached hydrogen (secondary N) is 2. The van der Waals surface area contributed by atoms with Crippen LogP contribution < -0.4 is 10.0 Å². The van der Waals surface area contributed by atoms with Crippen molar-refractivity contribution < 1.29 is 8.42 Å². The molecule has 21 heavy (non-hydrogen) atoms. The Morgan fingerprint density at radius 2 is 1.62 bits per heavy atom. The molecule has 0 fully saturated rings. The van der Waals surface area contributed by atoms with E-state index in [9.17, 15) is 8.42 Å². The van der Waals surface area contributed by atoms with Gasteiger partial charge in [-0.1, -0.05) is 33.8 Å². The maximum Gasteiger partial charge on any atom is 0.240 e. The topological polar surface area (TPSA) is 58.2 Å². The van der Waals surface area contributed by atoms with Crippen LogP contribution in [0.3, 0.4) is 0 Å². The summed E-state index contributed by atoms with van der Waals surface area (Å²) in [5, 5.41) is 3.49. The van der Waals surface area contributed by atoms with Crippen molar-refractivity contribution in [1.82, 2.24) is 4.72 Å². The average Bonchev–Trinajstić information content (AvgIpc) is 2.37. The van der Waals surface area contributed by atoms with E-state index >= 15 is 0 Å². The number of rotatable bonds is 8. The molecule has 0 spiro atoms. The Morgan fingerprint density at radius 1 is 1.05 bits per heavy atom. The first-order valence-electron chi connectivity index (χ1n) is 7.54. The van der Waals surface area contributed by atoms with Crippen LogP contribution in [0.5, 0.6) is 0 Å². The zero-order chi connectivity index (χ0) is 16.0. The zero-order valence-electron chi connectivity index (χ0n) is 13.7. The van der Waals surface area contributed by atoms with Crippen molar-refractivity contribution in [1.29, 1.82) is 0 Å². The predicted octanol–water partition coefficient (Wildman–Crippen LogP) is 3.47. The minimum atomic E-state index is -3.39. The highest BCUT2D eigenvalue weighted by molar-refractivity contribution is 7.89. The quantitative estimate of drug-likeness (QED) is 0.773. The highest BCUT2D eigenvalue weighted by atomic mass is 32.2. The lowest BCUT2D eigenvalue weighted by Crippen LogP contribution is -2.24. The fourth-order valence-corrected chi connectivity index (χ4v) is 3.23. The molecule has 1 rings (SSSR count). The second-order valence-corrected chi connectivity index (χ2v) is 8.22. The summed E-state index contributed by atoms with van der Waals surface area (Å²) in [5.41, 5.74) is 0.859. The minimum Gasteiger partial charge on any atom is -0.382 e. The third-order valence-corrected chi connectivity index (χ3v) is 4.71. The highest BCUT2D eigenvalue weighted by Crippen LogP contribution is 2.21. The third kappa shape index (κ3) is 6.06. The van der Waals surface area contributed by atoms with Crippen LogP contribution in [0.25, 0.3) is 0 Å². The van der Waals surface area contributed by atoms with E-state index in [1.54, 1.807) is 18.2 Å². The van der Waals surface area contributed by atoms with Crippen molar-refractivity contribution in [3.63, 3.8) is 0 Å². The zero-order valence-corrected chi connectivity index (χ0v) is 14.5. The molecule has 0 aliphatic carbocycles. The molecule has 0 aliphatic heterocycles. The lowest BCUT2D eigenvalue weighted by molar-refractivity contribution is 0.442. The molecule has 1 aromatic carbocycles. The van der Waals surface area contributed by atoms with Gasteiger partial charge in [0.15, 0.2) is 0 Å². The van der Waals surface area contributed by atoms with Crippen LogP contribution in [0.15, 0.2) is 29.2 Å². The molecule has 120 valence electrons. The van der Waals surface area contributed by atoms with E-state index in [4.69, 9.17) is 0 Å². The van der Waals surface area contributed by atoms with E-state index in [-0.39, 0.29) is 0 Å². The summed E-state index contributed by atoms with van der Waals surface area (Å²) in [4.78, 5) is 0.294. The first-order valence-corrected chi connectivity index (χ1v) is 9.03. The standard InChI is InChI=1S/C16H28N2O2S/c1-12(2)9-15(10-13(3)4)18-14-7-6-8-16(11-14)21(19,20)17-5/h6-8,11-13,15,17-18H,9-10H2,1-5H3. The van der Waals surface area contributed by atoms with Crippen LogP contribution in [-0.2, 0) is 10.0 Å². The molecule has 0 amide bonds. The monoisotopic (exact) mass is 312 g/mol. The Bertz CT molecular complexity index is 529. The maximum absolute atomic E-state index is 11.9. The smallest absolute Gasteiger partial charge is 0.240 e. The van der Waals surface area contributed by atoms with Crippen LogP contribution in [0, 0.1) is 11.8 Å². The van der Waals surface area contributed by atoms with Gasteiger partial charge in [0.2, 0.25) is 10.0 Å². The Kier molecular flexibility index (Phi) is 6.68. The van der Waals surface area contributed by atoms with Crippen LogP contribution >= 0.6 is 0 Å². The molecular formula is C16H28N2O2S. The Labute approximate surface area is 129 Å². The van der Waals surface area contributed by atoms with Gasteiger partial charge in [0.1, 0.15) is 0 Å². The van der Waals surface area contributed by atoms with Gasteiger partial charge in [0.25, 0.3) is 0 Å². The molecule has 0 aliphatic rings. The van der Waals surface area contributed by atoms with E-state index in [2.05, 4.69) is 37.7 Å². The molecule has 1 aromatic rings. The van der Waals surface area contributed by atoms with Gasteiger partial charge in [-0.2, -0.15) is 0 Å². The molecular weight excluding hydrogens is 284 g/mol. The summed E-state index contributed by atoms with van der Waals surface area (Å²) in [6.45, 7) is 8.82. The molecule has 0 heterocycles. The van der Waals surface area contributed by atoms with Gasteiger partial charge in [-0.15, -0.1) is 0 Å². The van der Waals surface area contributed by atoms with Crippen molar-refractivity contribution in [3.8, 4) is 0 Å². The molecule has 0 saturated heterocycles. The molecule has 5 heteroatoms. The highest BCUT2D eigenvalue weighted by Gasteiger charge is 2.15. The largest absolute Gasteiger partial charge is 0.382 e. The van der Waals surface area contributed by atoms with Crippen molar-refractivity contribution in [2.75, 3.05) is 12.4 Å². The molecule has 2 N–H and O–H groups in total. The second-order valence-electron chi connectivity index (χ2n) is 6.34. The van der Waals surface area contributed by atoms with E-state index in [1.807, 2.05) is 6.07 Å². The fourth-order valence-electron chi connectivity index (χ4n) is 2.46. The van der Waals surface area contributed by atoms with E-state index in [0.29, 0.717) is 22.8 Å². The lowest BCUT2D eigenvalue weighted by Gasteiger charge is -2.23. The first-order chi connectivity index (χ1) is 9.74. The predicted molar refractivity (Wildman–Crippen MR) is 89.0 cm³/mol. The normalized spacial score (nSPS) is 12.4. The molecule has 0 aromatic heterocycles. The van der Waals surface area contributed by atoms with Crippen molar-refractivity contribution >= 4 is 15.7 Å². The van der Waals surface area contributed by atoms with E-state index in [1.165, 1.54) is 7.05 Å². The summed E-state index contributed by atoms with van der Waals surface area (Å²) >= 11 is 0. The SMILES string of the molecule is CNS(=O)(=O)c1cccc(NC(CC(C)C)CC(C)C)c1. The number of hydrogen-bond donors (Lipinski definition) is 2. The Balaban J connectivity index is 2.91. The summed E-state index contributed by atoms with van der Waals surface area (Å²) < 4.78 is 26.1. The minimum absolute atomic E-state index is 0.294. The molecule has 0 radical (unpaired) electrons. The van der Waals surface area contributed by atoms with Crippen LogP contribution in [0.1, 0.15) is 40.5 Å². The van der Waals surface area contributed by atoms with Crippen LogP contribution in [0.4, 0.5) is 5.69 Å². The molecule has 0 bridgehead atoms. The van der Waals surface area contributed by atoms with Gasteiger partial charge in [0, 0.05) is 11.7 Å². The third-order valence-electron chi connectivity index (χ3n) is 3.30. The first kappa shape index (κ1) is 18.0. The summed E-state index contributed by atoms with van der Waals surface area (Å²) in [6.07, 6.45) is 2.14. The summed E-state index contributed by atoms with van der Waals surface area (Å²) in [6, 6.07) is 7.35. The summed E-state index contributed by atoms with van der Waals surface area (Å²) in [5.74, 6) is 1.20. The fraction of sp³-hybridized carbons (Fsp3) is 0.625. The number of anilines is 1. The Morgan fingerprint density at radius 3 is 2.10 bits per heavy atom. The van der Waals surface area contributed by atoms with Gasteiger partial charge in [-0.25, -0.2) is 13.1 Å². The van der Waals surface area contributed by atoms with Gasteiger partial charge in [0.05, 0.1) is 4.90 Å². The van der Waals surface area contributed by atoms with Crippen LogP contribution in [-0.4, -0.2) is 21.5 Å². The van der Waals surface area contributed by atoms with Crippen molar-refractivity contribution in [2.24, 2.45) is 11.8 Å². The van der Waals surface area contributed by atoms with Gasteiger partial charge in [-0.3, -0.25) is 0 Å². The van der Waals surface area contributed by atoms with Crippen molar-refractivity contribution in [3.05, 3.63) is 24.3 Å². The van der Waals surface area contributed by atoms with Gasteiger partial charge < -0.3 is 5.32 Å². The second kappa shape index (κ2) is 7.80. The van der Waals surface area contributed by atoms with E-state index < -0.39 is 10.0 Å². The molecule has 4 nitrogen and oxygen atoms in total. The maximum atomic E-state index is 11.9. The molecule has 0 saturated carbocycles. The number of hydrogen-bond acceptors (Lipinski definition) is 3. The van der Waals surface area contributed by atoms with Gasteiger partial charge in [-0.05, 0) is 49.9 Å².